The molecular weight excluding hydrogens is 440 g/mol. The normalized spacial score (nSPS) is 13.3. The molecule has 9 heteroatoms. The molecule has 0 saturated heterocycles. The van der Waals surface area contributed by atoms with Crippen molar-refractivity contribution in [1.82, 2.24) is 4.73 Å². The molecule has 0 bridgehead atoms. The molecule has 0 fully saturated rings. The number of esters is 1. The summed E-state index contributed by atoms with van der Waals surface area (Å²) in [5.41, 5.74) is 3.39. The zero-order chi connectivity index (χ0) is 25.8. The van der Waals surface area contributed by atoms with E-state index in [1.807, 2.05) is 0 Å². The minimum absolute atomic E-state index is 0.111. The lowest BCUT2D eigenvalue weighted by atomic mass is 9.86. The van der Waals surface area contributed by atoms with Crippen LogP contribution in [0.15, 0.2) is 12.1 Å². The Labute approximate surface area is 202 Å². The molecule has 9 nitrogen and oxygen atoms in total. The maximum absolute atomic E-state index is 13.0. The number of rotatable bonds is 16. The Balaban J connectivity index is 2.65. The average molecular weight is 483 g/mol. The highest BCUT2D eigenvalue weighted by molar-refractivity contribution is 6.08. The fourth-order valence-corrected chi connectivity index (χ4v) is 3.49. The van der Waals surface area contributed by atoms with Crippen LogP contribution in [0.3, 0.4) is 0 Å². The van der Waals surface area contributed by atoms with Crippen molar-refractivity contribution >= 4 is 17.7 Å². The van der Waals surface area contributed by atoms with Gasteiger partial charge in [0.1, 0.15) is 5.60 Å². The van der Waals surface area contributed by atoms with E-state index in [0.717, 1.165) is 31.4 Å². The molecule has 0 aromatic carbocycles. The Morgan fingerprint density at radius 3 is 1.88 bits per heavy atom. The van der Waals surface area contributed by atoms with Gasteiger partial charge in [-0.15, -0.1) is 4.73 Å². The van der Waals surface area contributed by atoms with E-state index < -0.39 is 47.0 Å². The smallest absolute Gasteiger partial charge is 0.334 e. The quantitative estimate of drug-likeness (QED) is 0.181. The van der Waals surface area contributed by atoms with Gasteiger partial charge in [-0.25, -0.2) is 9.59 Å². The van der Waals surface area contributed by atoms with Crippen LogP contribution in [0.2, 0.25) is 0 Å². The summed E-state index contributed by atoms with van der Waals surface area (Å²) in [7, 11) is 0. The molecule has 4 N–H and O–H groups in total. The van der Waals surface area contributed by atoms with E-state index in [1.165, 1.54) is 32.1 Å². The van der Waals surface area contributed by atoms with Crippen LogP contribution in [0.5, 0.6) is 11.8 Å². The lowest BCUT2D eigenvalue weighted by molar-refractivity contribution is -0.164. The number of ketones is 1. The Hall–Kier alpha value is -2.55. The second-order valence-electron chi connectivity index (χ2n) is 9.78. The van der Waals surface area contributed by atoms with E-state index in [0.29, 0.717) is 11.2 Å². The Morgan fingerprint density at radius 2 is 1.38 bits per heavy atom. The standard InChI is InChI=1S/C25H42N2O7/c1-5-6-7-8-9-10-11-12-13-14-19(28)25(26,23(32)33-24(2,3)4)18-17-22(31)34-27-20(29)15-16-21(27)30/h15-16,29-30H,5-14,17-18,26H2,1-4H3/t25-/m1/s1. The van der Waals surface area contributed by atoms with E-state index in [9.17, 15) is 24.6 Å². The maximum atomic E-state index is 13.0. The van der Waals surface area contributed by atoms with Gasteiger partial charge in [-0.1, -0.05) is 58.3 Å². The van der Waals surface area contributed by atoms with Gasteiger partial charge in [-0.3, -0.25) is 4.79 Å². The number of aromatic hydroxyl groups is 2. The number of hydrogen-bond donors (Lipinski definition) is 3. The van der Waals surface area contributed by atoms with Crippen LogP contribution in [0.1, 0.15) is 105 Å². The van der Waals surface area contributed by atoms with Gasteiger partial charge in [0.25, 0.3) is 0 Å². The van der Waals surface area contributed by atoms with Crippen LogP contribution in [-0.4, -0.2) is 43.8 Å². The first-order valence-electron chi connectivity index (χ1n) is 12.3. The van der Waals surface area contributed by atoms with E-state index in [4.69, 9.17) is 15.3 Å². The number of carbonyl (C=O) groups is 3. The Kier molecular flexibility index (Phi) is 12.1. The molecule has 194 valence electrons. The Bertz CT molecular complexity index is 778. The second-order valence-corrected chi connectivity index (χ2v) is 9.78. The SMILES string of the molecule is CCCCCCCCCCCC(=O)[C@](N)(CCC(=O)On1c(O)ccc1O)C(=O)OC(C)(C)C. The number of ether oxygens (including phenoxy) is 1. The van der Waals surface area contributed by atoms with Gasteiger partial charge >= 0.3 is 11.9 Å². The Morgan fingerprint density at radius 1 is 0.882 bits per heavy atom. The van der Waals surface area contributed by atoms with Gasteiger partial charge in [0.2, 0.25) is 11.8 Å². The van der Waals surface area contributed by atoms with E-state index in [1.54, 1.807) is 20.8 Å². The lowest BCUT2D eigenvalue weighted by Crippen LogP contribution is -2.57. The molecule has 1 heterocycles. The predicted octanol–water partition coefficient (Wildman–Crippen LogP) is 4.16. The lowest BCUT2D eigenvalue weighted by Gasteiger charge is -2.30. The zero-order valence-electron chi connectivity index (χ0n) is 21.1. The summed E-state index contributed by atoms with van der Waals surface area (Å²) in [6.45, 7) is 7.19. The van der Waals surface area contributed by atoms with Crippen molar-refractivity contribution < 1.29 is 34.2 Å². The van der Waals surface area contributed by atoms with Crippen molar-refractivity contribution in [1.29, 1.82) is 0 Å². The topological polar surface area (TPSA) is 141 Å². The molecule has 1 rings (SSSR count). The molecule has 34 heavy (non-hydrogen) atoms. The van der Waals surface area contributed by atoms with Crippen molar-refractivity contribution in [2.45, 2.75) is 116 Å². The summed E-state index contributed by atoms with van der Waals surface area (Å²) < 4.78 is 5.91. The first-order chi connectivity index (χ1) is 15.9. The van der Waals surface area contributed by atoms with Crippen LogP contribution < -0.4 is 10.6 Å². The molecule has 1 aromatic rings. The number of nitrogens with two attached hydrogens (primary N) is 1. The van der Waals surface area contributed by atoms with Crippen molar-refractivity contribution in [3.05, 3.63) is 12.1 Å². The third kappa shape index (κ3) is 10.2. The molecule has 0 aliphatic rings. The second kappa shape index (κ2) is 14.0. The van der Waals surface area contributed by atoms with Crippen LogP contribution in [0, 0.1) is 0 Å². The fraction of sp³-hybridized carbons (Fsp3) is 0.720. The summed E-state index contributed by atoms with van der Waals surface area (Å²) >= 11 is 0. The molecule has 0 radical (unpaired) electrons. The monoisotopic (exact) mass is 482 g/mol. The van der Waals surface area contributed by atoms with Gasteiger partial charge in [0, 0.05) is 18.6 Å². The molecular formula is C25H42N2O7. The minimum atomic E-state index is -1.99. The van der Waals surface area contributed by atoms with Crippen LogP contribution in [-0.2, 0) is 19.1 Å². The number of nitrogens with zero attached hydrogens (tertiary/aromatic N) is 1. The molecule has 0 saturated carbocycles. The van der Waals surface area contributed by atoms with Crippen molar-refractivity contribution in [2.24, 2.45) is 5.73 Å². The van der Waals surface area contributed by atoms with Crippen molar-refractivity contribution in [3.8, 4) is 11.8 Å². The van der Waals surface area contributed by atoms with Crippen LogP contribution >= 0.6 is 0 Å². The van der Waals surface area contributed by atoms with Crippen LogP contribution in [0.4, 0.5) is 0 Å². The molecule has 1 atom stereocenters. The minimum Gasteiger partial charge on any atom is -0.492 e. The number of Topliss-reactive ketones (excluding diaryl/α,β-unsaturated/α-hetero) is 1. The molecule has 0 aliphatic carbocycles. The van der Waals surface area contributed by atoms with E-state index in [2.05, 4.69) is 6.92 Å². The van der Waals surface area contributed by atoms with Crippen molar-refractivity contribution in [3.63, 3.8) is 0 Å². The predicted molar refractivity (Wildman–Crippen MR) is 128 cm³/mol. The van der Waals surface area contributed by atoms with Gasteiger partial charge in [-0.05, 0) is 33.6 Å². The molecule has 0 aliphatic heterocycles. The van der Waals surface area contributed by atoms with Gasteiger partial charge < -0.3 is 25.5 Å². The third-order valence-electron chi connectivity index (χ3n) is 5.48. The first-order valence-corrected chi connectivity index (χ1v) is 12.3. The average Bonchev–Trinajstić information content (AvgIpc) is 3.06. The van der Waals surface area contributed by atoms with Crippen molar-refractivity contribution in [2.75, 3.05) is 0 Å². The summed E-state index contributed by atoms with van der Waals surface area (Å²) in [5, 5.41) is 19.2. The summed E-state index contributed by atoms with van der Waals surface area (Å²) in [5.74, 6) is -3.20. The fourth-order valence-electron chi connectivity index (χ4n) is 3.49. The van der Waals surface area contributed by atoms with Gasteiger partial charge in [0.05, 0.1) is 6.42 Å². The van der Waals surface area contributed by atoms with Crippen LogP contribution in [0.25, 0.3) is 0 Å². The van der Waals surface area contributed by atoms with Gasteiger partial charge in [-0.2, -0.15) is 0 Å². The molecule has 0 amide bonds. The first kappa shape index (κ1) is 29.5. The molecule has 1 aromatic heterocycles. The highest BCUT2D eigenvalue weighted by atomic mass is 16.7. The van der Waals surface area contributed by atoms with Gasteiger partial charge in [0.15, 0.2) is 11.3 Å². The number of unbranched alkanes of at least 4 members (excludes halogenated alkanes) is 8. The van der Waals surface area contributed by atoms with E-state index >= 15 is 0 Å². The zero-order valence-corrected chi connectivity index (χ0v) is 21.1. The highest BCUT2D eigenvalue weighted by Crippen LogP contribution is 2.23. The third-order valence-corrected chi connectivity index (χ3v) is 5.48. The summed E-state index contributed by atoms with van der Waals surface area (Å²) in [4.78, 5) is 42.9. The van der Waals surface area contributed by atoms with E-state index in [-0.39, 0.29) is 12.8 Å². The molecule has 0 spiro atoms. The number of hydrogen-bond acceptors (Lipinski definition) is 8. The summed E-state index contributed by atoms with van der Waals surface area (Å²) in [6, 6.07) is 2.29. The number of carbonyl (C=O) groups excluding carboxylic acids is 3. The summed E-state index contributed by atoms with van der Waals surface area (Å²) in [6.07, 6.45) is 9.13. The molecule has 0 unspecified atom stereocenters. The highest BCUT2D eigenvalue weighted by Gasteiger charge is 2.44. The largest absolute Gasteiger partial charge is 0.492 e. The number of aromatic nitrogens is 1. The maximum Gasteiger partial charge on any atom is 0.334 e.